The summed E-state index contributed by atoms with van der Waals surface area (Å²) in [5, 5.41) is 3.46. The lowest BCUT2D eigenvalue weighted by Crippen LogP contribution is -2.26. The maximum Gasteiger partial charge on any atom is 0.278 e. The van der Waals surface area contributed by atoms with Crippen molar-refractivity contribution >= 4 is 34.4 Å². The van der Waals surface area contributed by atoms with Crippen molar-refractivity contribution in [1.29, 1.82) is 0 Å². The van der Waals surface area contributed by atoms with E-state index in [1.807, 2.05) is 82.4 Å². The second-order valence-electron chi connectivity index (χ2n) is 8.09. The third kappa shape index (κ3) is 4.34. The molecule has 1 amide bonds. The zero-order valence-corrected chi connectivity index (χ0v) is 19.4. The van der Waals surface area contributed by atoms with Crippen molar-refractivity contribution in [2.24, 2.45) is 0 Å². The fourth-order valence-corrected chi connectivity index (χ4v) is 4.51. The van der Waals surface area contributed by atoms with Crippen molar-refractivity contribution in [3.63, 3.8) is 0 Å². The van der Waals surface area contributed by atoms with Gasteiger partial charge in [-0.15, -0.1) is 0 Å². The monoisotopic (exact) mass is 446 g/mol. The van der Waals surface area contributed by atoms with Crippen molar-refractivity contribution in [2.45, 2.75) is 38.9 Å². The van der Waals surface area contributed by atoms with Crippen LogP contribution < -0.4 is 10.9 Å². The van der Waals surface area contributed by atoms with Crippen molar-refractivity contribution in [3.8, 4) is 11.1 Å². The molecular weight excluding hydrogens is 420 g/mol. The molecule has 0 aliphatic rings. The Morgan fingerprint density at radius 2 is 1.88 bits per heavy atom. The zero-order chi connectivity index (χ0) is 22.8. The van der Waals surface area contributed by atoms with Gasteiger partial charge >= 0.3 is 0 Å². The minimum absolute atomic E-state index is 0.0896. The molecule has 6 nitrogen and oxygen atoms in total. The Bertz CT molecular complexity index is 1340. The standard InChI is InChI=1S/C25H26N4O2S/c1-15(2)29-24(31)23-22(20(13-26-23)18-8-6-5-7-9-18)28-25(29)32-14-21(30)27-19-11-10-16(3)17(4)12-19/h5-13,15,26H,14H2,1-4H3,(H,27,30). The van der Waals surface area contributed by atoms with Crippen LogP contribution in [-0.2, 0) is 4.79 Å². The highest BCUT2D eigenvalue weighted by Crippen LogP contribution is 2.28. The molecule has 4 aromatic rings. The van der Waals surface area contributed by atoms with Crippen LogP contribution in [0.15, 0.2) is 64.7 Å². The van der Waals surface area contributed by atoms with Crippen LogP contribution in [0.1, 0.15) is 31.0 Å². The smallest absolute Gasteiger partial charge is 0.278 e. The number of aryl methyl sites for hydroxylation is 2. The van der Waals surface area contributed by atoms with E-state index < -0.39 is 0 Å². The SMILES string of the molecule is Cc1ccc(NC(=O)CSc2nc3c(-c4ccccc4)c[nH]c3c(=O)n2C(C)C)cc1C. The Morgan fingerprint density at radius 3 is 2.56 bits per heavy atom. The van der Waals surface area contributed by atoms with E-state index >= 15 is 0 Å². The summed E-state index contributed by atoms with van der Waals surface area (Å²) in [5.74, 6) is 0.0168. The summed E-state index contributed by atoms with van der Waals surface area (Å²) in [7, 11) is 0. The van der Waals surface area contributed by atoms with Crippen LogP contribution >= 0.6 is 11.8 Å². The summed E-state index contributed by atoms with van der Waals surface area (Å²) < 4.78 is 1.64. The molecule has 0 radical (unpaired) electrons. The van der Waals surface area contributed by atoms with E-state index in [4.69, 9.17) is 4.98 Å². The number of rotatable bonds is 6. The molecule has 2 heterocycles. The normalized spacial score (nSPS) is 11.3. The van der Waals surface area contributed by atoms with Gasteiger partial charge in [0.2, 0.25) is 5.91 Å². The summed E-state index contributed by atoms with van der Waals surface area (Å²) in [6, 6.07) is 15.6. The van der Waals surface area contributed by atoms with Gasteiger partial charge in [0.05, 0.1) is 5.75 Å². The summed E-state index contributed by atoms with van der Waals surface area (Å²) in [4.78, 5) is 33.7. The number of hydrogen-bond acceptors (Lipinski definition) is 4. The number of amides is 1. The van der Waals surface area contributed by atoms with E-state index in [1.54, 1.807) is 4.57 Å². The molecule has 0 aliphatic carbocycles. The fourth-order valence-electron chi connectivity index (χ4n) is 3.59. The number of fused-ring (bicyclic) bond motifs is 1. The molecule has 2 aromatic carbocycles. The minimum Gasteiger partial charge on any atom is -0.355 e. The molecule has 32 heavy (non-hydrogen) atoms. The summed E-state index contributed by atoms with van der Waals surface area (Å²) in [6.07, 6.45) is 1.82. The maximum absolute atomic E-state index is 13.2. The highest BCUT2D eigenvalue weighted by Gasteiger charge is 2.19. The number of benzene rings is 2. The minimum atomic E-state index is -0.139. The number of thioether (sulfide) groups is 1. The number of anilines is 1. The number of carbonyl (C=O) groups excluding carboxylic acids is 1. The largest absolute Gasteiger partial charge is 0.355 e. The molecule has 0 saturated carbocycles. The zero-order valence-electron chi connectivity index (χ0n) is 18.6. The van der Waals surface area contributed by atoms with E-state index in [1.165, 1.54) is 17.3 Å². The Hall–Kier alpha value is -3.32. The van der Waals surface area contributed by atoms with Crippen molar-refractivity contribution in [1.82, 2.24) is 14.5 Å². The van der Waals surface area contributed by atoms with Crippen LogP contribution in [0.4, 0.5) is 5.69 Å². The van der Waals surface area contributed by atoms with Gasteiger partial charge < -0.3 is 10.3 Å². The molecule has 2 N–H and O–H groups in total. The number of carbonyl (C=O) groups is 1. The summed E-state index contributed by atoms with van der Waals surface area (Å²) >= 11 is 1.27. The second kappa shape index (κ2) is 9.04. The summed E-state index contributed by atoms with van der Waals surface area (Å²) in [5.41, 5.74) is 5.88. The van der Waals surface area contributed by atoms with Gasteiger partial charge in [0.1, 0.15) is 11.0 Å². The Kier molecular flexibility index (Phi) is 6.19. The maximum atomic E-state index is 13.2. The molecule has 2 aromatic heterocycles. The number of hydrogen-bond donors (Lipinski definition) is 2. The Balaban J connectivity index is 1.64. The Labute approximate surface area is 191 Å². The van der Waals surface area contributed by atoms with Crippen LogP contribution in [0.3, 0.4) is 0 Å². The molecule has 0 aliphatic heterocycles. The fraction of sp³-hybridized carbons (Fsp3) is 0.240. The van der Waals surface area contributed by atoms with Crippen LogP contribution in [0.2, 0.25) is 0 Å². The van der Waals surface area contributed by atoms with Gasteiger partial charge in [0.25, 0.3) is 5.56 Å². The van der Waals surface area contributed by atoms with Gasteiger partial charge in [-0.3, -0.25) is 14.2 Å². The molecule has 0 bridgehead atoms. The lowest BCUT2D eigenvalue weighted by atomic mass is 10.1. The molecule has 0 saturated heterocycles. The molecule has 0 unspecified atom stereocenters. The van der Waals surface area contributed by atoms with E-state index in [9.17, 15) is 9.59 Å². The van der Waals surface area contributed by atoms with Gasteiger partial charge in [0.15, 0.2) is 5.16 Å². The van der Waals surface area contributed by atoms with Gasteiger partial charge in [-0.25, -0.2) is 4.98 Å². The number of aromatic amines is 1. The van der Waals surface area contributed by atoms with Crippen LogP contribution in [0.25, 0.3) is 22.2 Å². The van der Waals surface area contributed by atoms with Gasteiger partial charge in [-0.1, -0.05) is 48.2 Å². The quantitative estimate of drug-likeness (QED) is 0.310. The first-order chi connectivity index (χ1) is 15.3. The van der Waals surface area contributed by atoms with Crippen LogP contribution in [0.5, 0.6) is 0 Å². The third-order valence-electron chi connectivity index (χ3n) is 5.42. The van der Waals surface area contributed by atoms with Crippen molar-refractivity contribution in [2.75, 3.05) is 11.1 Å². The number of H-pyrrole nitrogens is 1. The summed E-state index contributed by atoms with van der Waals surface area (Å²) in [6.45, 7) is 7.93. The predicted octanol–water partition coefficient (Wildman–Crippen LogP) is 5.32. The van der Waals surface area contributed by atoms with E-state index in [0.29, 0.717) is 16.2 Å². The van der Waals surface area contributed by atoms with Crippen molar-refractivity contribution < 1.29 is 4.79 Å². The lowest BCUT2D eigenvalue weighted by molar-refractivity contribution is -0.113. The molecule has 0 spiro atoms. The first-order valence-corrected chi connectivity index (χ1v) is 11.5. The predicted molar refractivity (Wildman–Crippen MR) is 131 cm³/mol. The highest BCUT2D eigenvalue weighted by molar-refractivity contribution is 7.99. The number of aromatic nitrogens is 3. The number of nitrogens with one attached hydrogen (secondary N) is 2. The second-order valence-corrected chi connectivity index (χ2v) is 9.03. The lowest BCUT2D eigenvalue weighted by Gasteiger charge is -2.15. The van der Waals surface area contributed by atoms with E-state index in [-0.39, 0.29) is 23.3 Å². The van der Waals surface area contributed by atoms with Gasteiger partial charge in [0, 0.05) is 23.5 Å². The molecular formula is C25H26N4O2S. The third-order valence-corrected chi connectivity index (χ3v) is 6.38. The average molecular weight is 447 g/mol. The molecule has 164 valence electrons. The topological polar surface area (TPSA) is 79.8 Å². The molecule has 0 atom stereocenters. The van der Waals surface area contributed by atoms with Gasteiger partial charge in [-0.2, -0.15) is 0 Å². The molecule has 4 rings (SSSR count). The van der Waals surface area contributed by atoms with E-state index in [0.717, 1.165) is 22.4 Å². The first-order valence-electron chi connectivity index (χ1n) is 10.5. The van der Waals surface area contributed by atoms with Crippen LogP contribution in [0, 0.1) is 13.8 Å². The van der Waals surface area contributed by atoms with Crippen LogP contribution in [-0.4, -0.2) is 26.2 Å². The average Bonchev–Trinajstić information content (AvgIpc) is 3.19. The number of nitrogens with zero attached hydrogens (tertiary/aromatic N) is 2. The van der Waals surface area contributed by atoms with Crippen molar-refractivity contribution in [3.05, 3.63) is 76.2 Å². The van der Waals surface area contributed by atoms with E-state index in [2.05, 4.69) is 10.3 Å². The van der Waals surface area contributed by atoms with Gasteiger partial charge in [-0.05, 0) is 56.5 Å². The Morgan fingerprint density at radius 1 is 1.12 bits per heavy atom. The molecule has 0 fully saturated rings. The first kappa shape index (κ1) is 21.9. The molecule has 7 heteroatoms. The highest BCUT2D eigenvalue weighted by atomic mass is 32.2.